The van der Waals surface area contributed by atoms with E-state index in [0.717, 1.165) is 18.7 Å². The van der Waals surface area contributed by atoms with Gasteiger partial charge in [-0.05, 0) is 18.6 Å². The molecule has 116 valence electrons. The number of rotatable bonds is 4. The third-order valence-corrected chi connectivity index (χ3v) is 3.83. The molecule has 6 heteroatoms. The molecule has 0 bridgehead atoms. The lowest BCUT2D eigenvalue weighted by atomic mass is 10.0. The van der Waals surface area contributed by atoms with Crippen molar-refractivity contribution >= 4 is 11.7 Å². The highest BCUT2D eigenvalue weighted by Gasteiger charge is 2.27. The molecule has 2 atom stereocenters. The minimum atomic E-state index is -0.382. The van der Waals surface area contributed by atoms with Gasteiger partial charge in [0.2, 0.25) is 0 Å². The average molecular weight is 294 g/mol. The summed E-state index contributed by atoms with van der Waals surface area (Å²) in [7, 11) is 4.60. The van der Waals surface area contributed by atoms with Crippen molar-refractivity contribution in [1.82, 2.24) is 0 Å². The molecule has 2 rings (SSSR count). The summed E-state index contributed by atoms with van der Waals surface area (Å²) in [4.78, 5) is 13.9. The van der Waals surface area contributed by atoms with Crippen molar-refractivity contribution in [2.75, 3.05) is 39.3 Å². The summed E-state index contributed by atoms with van der Waals surface area (Å²) in [6.45, 7) is 1.50. The zero-order valence-electron chi connectivity index (χ0n) is 12.7. The SMILES string of the molecule is COC(=O)c1cc(OC)cc(N2CC[C@H](N)[C@H](OC)C2)c1. The van der Waals surface area contributed by atoms with Gasteiger partial charge in [0, 0.05) is 38.0 Å². The molecule has 1 aromatic rings. The molecule has 0 amide bonds. The van der Waals surface area contributed by atoms with E-state index in [9.17, 15) is 4.79 Å². The highest BCUT2D eigenvalue weighted by Crippen LogP contribution is 2.27. The van der Waals surface area contributed by atoms with Crippen LogP contribution >= 0.6 is 0 Å². The topological polar surface area (TPSA) is 74.0 Å². The molecule has 0 spiro atoms. The van der Waals surface area contributed by atoms with E-state index < -0.39 is 0 Å². The fourth-order valence-corrected chi connectivity index (χ4v) is 2.54. The quantitative estimate of drug-likeness (QED) is 0.836. The van der Waals surface area contributed by atoms with E-state index in [0.29, 0.717) is 17.9 Å². The molecule has 1 aliphatic heterocycles. The first-order chi connectivity index (χ1) is 10.1. The van der Waals surface area contributed by atoms with E-state index >= 15 is 0 Å². The van der Waals surface area contributed by atoms with Crippen molar-refractivity contribution in [3.8, 4) is 5.75 Å². The molecular weight excluding hydrogens is 272 g/mol. The molecule has 0 unspecified atom stereocenters. The van der Waals surface area contributed by atoms with Crippen LogP contribution in [0.3, 0.4) is 0 Å². The molecule has 0 saturated carbocycles. The average Bonchev–Trinajstić information content (AvgIpc) is 2.53. The zero-order chi connectivity index (χ0) is 15.4. The third-order valence-electron chi connectivity index (χ3n) is 3.83. The Bertz CT molecular complexity index is 506. The lowest BCUT2D eigenvalue weighted by Gasteiger charge is -2.37. The molecular formula is C15H22N2O4. The van der Waals surface area contributed by atoms with Gasteiger partial charge < -0.3 is 24.8 Å². The molecule has 0 aliphatic carbocycles. The Balaban J connectivity index is 2.28. The maximum atomic E-state index is 11.7. The van der Waals surface area contributed by atoms with Crippen molar-refractivity contribution in [3.05, 3.63) is 23.8 Å². The zero-order valence-corrected chi connectivity index (χ0v) is 12.7. The van der Waals surface area contributed by atoms with Gasteiger partial charge in [-0.15, -0.1) is 0 Å². The predicted molar refractivity (Wildman–Crippen MR) is 79.9 cm³/mol. The number of anilines is 1. The van der Waals surface area contributed by atoms with Crippen LogP contribution in [0.2, 0.25) is 0 Å². The van der Waals surface area contributed by atoms with Crippen LogP contribution in [0.15, 0.2) is 18.2 Å². The number of esters is 1. The number of hydrogen-bond acceptors (Lipinski definition) is 6. The van der Waals surface area contributed by atoms with Crippen molar-refractivity contribution in [1.29, 1.82) is 0 Å². The van der Waals surface area contributed by atoms with Crippen molar-refractivity contribution in [2.45, 2.75) is 18.6 Å². The second-order valence-corrected chi connectivity index (χ2v) is 5.08. The Morgan fingerprint density at radius 2 is 2.05 bits per heavy atom. The maximum Gasteiger partial charge on any atom is 0.338 e. The summed E-state index contributed by atoms with van der Waals surface area (Å²) in [5.41, 5.74) is 7.41. The third kappa shape index (κ3) is 3.46. The Hall–Kier alpha value is -1.79. The van der Waals surface area contributed by atoms with Crippen molar-refractivity contribution in [2.24, 2.45) is 5.73 Å². The number of hydrogen-bond donors (Lipinski definition) is 1. The first-order valence-corrected chi connectivity index (χ1v) is 6.89. The number of methoxy groups -OCH3 is 3. The Labute approximate surface area is 124 Å². The van der Waals surface area contributed by atoms with E-state index in [4.69, 9.17) is 19.9 Å². The summed E-state index contributed by atoms with van der Waals surface area (Å²) in [5, 5.41) is 0. The standard InChI is InChI=1S/C15H22N2O4/c1-19-12-7-10(15(18)21-3)6-11(8-12)17-5-4-13(16)14(9-17)20-2/h6-8,13-14H,4-5,9,16H2,1-3H3/t13-,14+/m0/s1. The van der Waals surface area contributed by atoms with E-state index in [1.807, 2.05) is 6.07 Å². The first kappa shape index (κ1) is 15.6. The number of carbonyl (C=O) groups excluding carboxylic acids is 1. The highest BCUT2D eigenvalue weighted by atomic mass is 16.5. The Kier molecular flexibility index (Phi) is 5.03. The number of benzene rings is 1. The molecule has 6 nitrogen and oxygen atoms in total. The smallest absolute Gasteiger partial charge is 0.338 e. The Morgan fingerprint density at radius 1 is 1.29 bits per heavy atom. The van der Waals surface area contributed by atoms with Crippen LogP contribution in [0.25, 0.3) is 0 Å². The lowest BCUT2D eigenvalue weighted by Crippen LogP contribution is -2.51. The summed E-state index contributed by atoms with van der Waals surface area (Å²) in [5.74, 6) is 0.240. The lowest BCUT2D eigenvalue weighted by molar-refractivity contribution is 0.0600. The van der Waals surface area contributed by atoms with Gasteiger partial charge in [-0.1, -0.05) is 0 Å². The van der Waals surface area contributed by atoms with Crippen molar-refractivity contribution < 1.29 is 19.0 Å². The number of carbonyl (C=O) groups is 1. The van der Waals surface area contributed by atoms with Gasteiger partial charge >= 0.3 is 5.97 Å². The molecule has 1 saturated heterocycles. The van der Waals surface area contributed by atoms with Gasteiger partial charge in [-0.25, -0.2) is 4.79 Å². The van der Waals surface area contributed by atoms with Crippen LogP contribution in [-0.4, -0.2) is 52.5 Å². The van der Waals surface area contributed by atoms with Gasteiger partial charge in [-0.2, -0.15) is 0 Å². The van der Waals surface area contributed by atoms with Gasteiger partial charge in [0.1, 0.15) is 5.75 Å². The molecule has 1 aromatic carbocycles. The van der Waals surface area contributed by atoms with E-state index in [-0.39, 0.29) is 18.1 Å². The second-order valence-electron chi connectivity index (χ2n) is 5.08. The number of ether oxygens (including phenoxy) is 3. The van der Waals surface area contributed by atoms with Gasteiger partial charge in [-0.3, -0.25) is 0 Å². The fourth-order valence-electron chi connectivity index (χ4n) is 2.54. The molecule has 21 heavy (non-hydrogen) atoms. The van der Waals surface area contributed by atoms with Crippen LogP contribution in [0.4, 0.5) is 5.69 Å². The number of nitrogens with zero attached hydrogens (tertiary/aromatic N) is 1. The highest BCUT2D eigenvalue weighted by molar-refractivity contribution is 5.91. The van der Waals surface area contributed by atoms with Crippen LogP contribution in [-0.2, 0) is 9.47 Å². The van der Waals surface area contributed by atoms with Gasteiger partial charge in [0.15, 0.2) is 0 Å². The van der Waals surface area contributed by atoms with Crippen molar-refractivity contribution in [3.63, 3.8) is 0 Å². The molecule has 0 aromatic heterocycles. The molecule has 1 aliphatic rings. The summed E-state index contributed by atoms with van der Waals surface area (Å²) in [6, 6.07) is 5.41. The van der Waals surface area contributed by atoms with E-state index in [1.165, 1.54) is 7.11 Å². The number of nitrogens with two attached hydrogens (primary N) is 1. The second kappa shape index (κ2) is 6.78. The summed E-state index contributed by atoms with van der Waals surface area (Å²) >= 11 is 0. The van der Waals surface area contributed by atoms with Gasteiger partial charge in [0.25, 0.3) is 0 Å². The molecule has 1 fully saturated rings. The summed E-state index contributed by atoms with van der Waals surface area (Å²) < 4.78 is 15.5. The van der Waals surface area contributed by atoms with E-state index in [1.54, 1.807) is 26.4 Å². The van der Waals surface area contributed by atoms with Crippen LogP contribution in [0.5, 0.6) is 5.75 Å². The maximum absolute atomic E-state index is 11.7. The van der Waals surface area contributed by atoms with Crippen LogP contribution in [0.1, 0.15) is 16.8 Å². The molecule has 1 heterocycles. The minimum Gasteiger partial charge on any atom is -0.497 e. The Morgan fingerprint density at radius 3 is 2.67 bits per heavy atom. The predicted octanol–water partition coefficient (Wildman–Crippen LogP) is 1.03. The van der Waals surface area contributed by atoms with Gasteiger partial charge in [0.05, 0.1) is 25.9 Å². The van der Waals surface area contributed by atoms with Crippen LogP contribution < -0.4 is 15.4 Å². The molecule has 2 N–H and O–H groups in total. The first-order valence-electron chi connectivity index (χ1n) is 6.89. The number of piperidine rings is 1. The van der Waals surface area contributed by atoms with Crippen LogP contribution in [0, 0.1) is 0 Å². The minimum absolute atomic E-state index is 0.0217. The largest absolute Gasteiger partial charge is 0.497 e. The monoisotopic (exact) mass is 294 g/mol. The summed E-state index contributed by atoms with van der Waals surface area (Å²) in [6.07, 6.45) is 0.815. The van der Waals surface area contributed by atoms with E-state index in [2.05, 4.69) is 4.90 Å². The fraction of sp³-hybridized carbons (Fsp3) is 0.533. The molecule has 0 radical (unpaired) electrons. The normalized spacial score (nSPS) is 22.0.